The second-order valence-corrected chi connectivity index (χ2v) is 6.30. The highest BCUT2D eigenvalue weighted by molar-refractivity contribution is 5.07. The van der Waals surface area contributed by atoms with Gasteiger partial charge in [0.25, 0.3) is 0 Å². The van der Waals surface area contributed by atoms with Crippen LogP contribution in [0.25, 0.3) is 0 Å². The topological polar surface area (TPSA) is 29.9 Å². The Balaban J connectivity index is 1.93. The van der Waals surface area contributed by atoms with Crippen LogP contribution in [0.5, 0.6) is 0 Å². The van der Waals surface area contributed by atoms with E-state index in [2.05, 4.69) is 44.3 Å². The summed E-state index contributed by atoms with van der Waals surface area (Å²) < 4.78 is 2.05. The molecule has 0 atom stereocenters. The molecule has 1 aromatic heterocycles. The van der Waals surface area contributed by atoms with E-state index in [1.807, 2.05) is 10.9 Å². The van der Waals surface area contributed by atoms with Crippen molar-refractivity contribution in [2.24, 2.45) is 0 Å². The summed E-state index contributed by atoms with van der Waals surface area (Å²) in [5.74, 6) is 0. The van der Waals surface area contributed by atoms with Crippen molar-refractivity contribution in [2.45, 2.75) is 71.0 Å². The minimum atomic E-state index is 0.0805. The minimum Gasteiger partial charge on any atom is -0.307 e. The molecule has 1 heterocycles. The Hall–Kier alpha value is -0.830. The van der Waals surface area contributed by atoms with Crippen LogP contribution < -0.4 is 5.32 Å². The molecule has 0 aliphatic heterocycles. The maximum atomic E-state index is 4.43. The third kappa shape index (κ3) is 2.71. The van der Waals surface area contributed by atoms with Crippen LogP contribution in [0, 0.1) is 0 Å². The molecule has 0 bridgehead atoms. The van der Waals surface area contributed by atoms with Gasteiger partial charge in [0.1, 0.15) is 0 Å². The highest BCUT2D eigenvalue weighted by Gasteiger charge is 2.34. The predicted octanol–water partition coefficient (Wildman–Crippen LogP) is 3.06. The van der Waals surface area contributed by atoms with Gasteiger partial charge >= 0.3 is 0 Å². The Morgan fingerprint density at radius 1 is 1.41 bits per heavy atom. The molecule has 0 unspecified atom stereocenters. The minimum absolute atomic E-state index is 0.0805. The van der Waals surface area contributed by atoms with Crippen LogP contribution in [0.2, 0.25) is 0 Å². The van der Waals surface area contributed by atoms with E-state index in [1.54, 1.807) is 0 Å². The Morgan fingerprint density at radius 3 is 2.53 bits per heavy atom. The van der Waals surface area contributed by atoms with Crippen LogP contribution >= 0.6 is 0 Å². The lowest BCUT2D eigenvalue weighted by Gasteiger charge is -2.42. The smallest absolute Gasteiger partial charge is 0.0543 e. The van der Waals surface area contributed by atoms with Crippen molar-refractivity contribution in [1.29, 1.82) is 0 Å². The molecule has 0 amide bonds. The fourth-order valence-electron chi connectivity index (χ4n) is 2.37. The Labute approximate surface area is 105 Å². The molecule has 0 spiro atoms. The monoisotopic (exact) mass is 235 g/mol. The number of rotatable bonds is 4. The lowest BCUT2D eigenvalue weighted by Crippen LogP contribution is -2.49. The molecule has 1 aliphatic carbocycles. The van der Waals surface area contributed by atoms with Gasteiger partial charge in [0.05, 0.1) is 11.7 Å². The molecular formula is C14H25N3. The highest BCUT2D eigenvalue weighted by Crippen LogP contribution is 2.34. The zero-order valence-electron chi connectivity index (χ0n) is 11.6. The second kappa shape index (κ2) is 4.45. The quantitative estimate of drug-likeness (QED) is 0.869. The van der Waals surface area contributed by atoms with E-state index in [-0.39, 0.29) is 5.54 Å². The summed E-state index contributed by atoms with van der Waals surface area (Å²) in [4.78, 5) is 0. The average molecular weight is 235 g/mol. The summed E-state index contributed by atoms with van der Waals surface area (Å²) in [7, 11) is 0. The molecule has 3 heteroatoms. The molecular weight excluding hydrogens is 210 g/mol. The van der Waals surface area contributed by atoms with E-state index in [0.717, 1.165) is 6.54 Å². The first-order chi connectivity index (χ1) is 7.95. The zero-order chi connectivity index (χ0) is 12.5. The first kappa shape index (κ1) is 12.6. The predicted molar refractivity (Wildman–Crippen MR) is 70.9 cm³/mol. The molecule has 1 aliphatic rings. The van der Waals surface area contributed by atoms with Gasteiger partial charge in [-0.05, 0) is 46.5 Å². The molecule has 1 aromatic rings. The number of nitrogens with zero attached hydrogens (tertiary/aromatic N) is 2. The van der Waals surface area contributed by atoms with E-state index >= 15 is 0 Å². The third-order valence-electron chi connectivity index (χ3n) is 3.98. The van der Waals surface area contributed by atoms with Crippen molar-refractivity contribution in [3.63, 3.8) is 0 Å². The highest BCUT2D eigenvalue weighted by atomic mass is 15.3. The van der Waals surface area contributed by atoms with E-state index in [1.165, 1.54) is 31.2 Å². The molecule has 17 heavy (non-hydrogen) atoms. The zero-order valence-corrected chi connectivity index (χ0v) is 11.6. The van der Waals surface area contributed by atoms with Crippen LogP contribution in [0.1, 0.15) is 58.9 Å². The van der Waals surface area contributed by atoms with Crippen LogP contribution in [0.4, 0.5) is 0 Å². The van der Waals surface area contributed by atoms with Crippen molar-refractivity contribution >= 4 is 0 Å². The molecule has 1 N–H and O–H groups in total. The van der Waals surface area contributed by atoms with Gasteiger partial charge in [-0.2, -0.15) is 5.10 Å². The lowest BCUT2D eigenvalue weighted by atomic mass is 9.75. The van der Waals surface area contributed by atoms with Gasteiger partial charge in [-0.3, -0.25) is 4.68 Å². The van der Waals surface area contributed by atoms with Crippen LogP contribution in [0.3, 0.4) is 0 Å². The van der Waals surface area contributed by atoms with E-state index < -0.39 is 0 Å². The normalized spacial score (nSPS) is 19.1. The number of hydrogen-bond acceptors (Lipinski definition) is 2. The number of hydrogen-bond donors (Lipinski definition) is 1. The second-order valence-electron chi connectivity index (χ2n) is 6.30. The molecule has 0 aromatic carbocycles. The largest absolute Gasteiger partial charge is 0.307 e. The average Bonchev–Trinajstić information content (AvgIpc) is 2.65. The number of aromatic nitrogens is 2. The molecule has 2 rings (SSSR count). The van der Waals surface area contributed by atoms with Crippen molar-refractivity contribution in [1.82, 2.24) is 15.1 Å². The van der Waals surface area contributed by atoms with Crippen molar-refractivity contribution in [3.8, 4) is 0 Å². The van der Waals surface area contributed by atoms with Crippen molar-refractivity contribution in [2.75, 3.05) is 0 Å². The van der Waals surface area contributed by atoms with Gasteiger partial charge < -0.3 is 5.32 Å². The van der Waals surface area contributed by atoms with E-state index in [9.17, 15) is 0 Å². The summed E-state index contributed by atoms with van der Waals surface area (Å²) >= 11 is 0. The Kier molecular flexibility index (Phi) is 3.30. The summed E-state index contributed by atoms with van der Waals surface area (Å²) in [6.07, 6.45) is 9.42. The standard InChI is InChI=1S/C14H25N3/c1-5-14(7-6-8-14)15-9-12-10-16-17(11-12)13(2,3)4/h10-11,15H,5-9H2,1-4H3. The van der Waals surface area contributed by atoms with Crippen molar-refractivity contribution in [3.05, 3.63) is 18.0 Å². The lowest BCUT2D eigenvalue weighted by molar-refractivity contribution is 0.175. The summed E-state index contributed by atoms with van der Waals surface area (Å²) in [5.41, 5.74) is 1.79. The van der Waals surface area contributed by atoms with Gasteiger partial charge in [0.15, 0.2) is 0 Å². The molecule has 3 nitrogen and oxygen atoms in total. The van der Waals surface area contributed by atoms with Gasteiger partial charge in [-0.25, -0.2) is 0 Å². The maximum Gasteiger partial charge on any atom is 0.0543 e. The van der Waals surface area contributed by atoms with Gasteiger partial charge in [-0.1, -0.05) is 6.92 Å². The number of nitrogens with one attached hydrogen (secondary N) is 1. The molecule has 1 saturated carbocycles. The SMILES string of the molecule is CCC1(NCc2cnn(C(C)(C)C)c2)CCC1. The first-order valence-corrected chi connectivity index (χ1v) is 6.74. The first-order valence-electron chi connectivity index (χ1n) is 6.74. The van der Waals surface area contributed by atoms with E-state index in [0.29, 0.717) is 5.54 Å². The van der Waals surface area contributed by atoms with E-state index in [4.69, 9.17) is 0 Å². The maximum absolute atomic E-state index is 4.43. The molecule has 0 radical (unpaired) electrons. The molecule has 0 saturated heterocycles. The van der Waals surface area contributed by atoms with Crippen LogP contribution in [-0.2, 0) is 12.1 Å². The summed E-state index contributed by atoms with van der Waals surface area (Å²) in [5, 5.41) is 8.14. The summed E-state index contributed by atoms with van der Waals surface area (Å²) in [6.45, 7) is 9.76. The molecule has 1 fully saturated rings. The Bertz CT molecular complexity index is 364. The van der Waals surface area contributed by atoms with Crippen molar-refractivity contribution < 1.29 is 0 Å². The van der Waals surface area contributed by atoms with Gasteiger partial charge in [0, 0.05) is 23.8 Å². The Morgan fingerprint density at radius 2 is 2.12 bits per heavy atom. The fourth-order valence-corrected chi connectivity index (χ4v) is 2.37. The third-order valence-corrected chi connectivity index (χ3v) is 3.98. The van der Waals surface area contributed by atoms with Gasteiger partial charge in [0.2, 0.25) is 0 Å². The van der Waals surface area contributed by atoms with Crippen LogP contribution in [-0.4, -0.2) is 15.3 Å². The molecule has 96 valence electrons. The van der Waals surface area contributed by atoms with Crippen LogP contribution in [0.15, 0.2) is 12.4 Å². The van der Waals surface area contributed by atoms with Gasteiger partial charge in [-0.15, -0.1) is 0 Å². The summed E-state index contributed by atoms with van der Waals surface area (Å²) in [6, 6.07) is 0. The fraction of sp³-hybridized carbons (Fsp3) is 0.786.